The van der Waals surface area contributed by atoms with Crippen LogP contribution in [0.5, 0.6) is 17.2 Å². The first-order valence-electron chi connectivity index (χ1n) is 9.96. The minimum absolute atomic E-state index is 0. The van der Waals surface area contributed by atoms with E-state index < -0.39 is 17.9 Å². The van der Waals surface area contributed by atoms with Crippen molar-refractivity contribution in [2.24, 2.45) is 5.92 Å². The fourth-order valence-electron chi connectivity index (χ4n) is 3.14. The lowest BCUT2D eigenvalue weighted by Gasteiger charge is -2.32. The summed E-state index contributed by atoms with van der Waals surface area (Å²) in [5.74, 6) is 0.447. The quantitative estimate of drug-likeness (QED) is 0.891. The fourth-order valence-corrected chi connectivity index (χ4v) is 3.14. The molecule has 0 amide bonds. The van der Waals surface area contributed by atoms with E-state index in [0.717, 1.165) is 0 Å². The second kappa shape index (κ2) is 7.93. The molecule has 134 valence electrons. The standard InChI is InChI=1S/C19H20FNO3.ClH/c20-15-3-1-13(2-4-15)17-7-8-21-10-14(17)11-22-16-5-6-18-19(9-16)24-12-23-18;/h1-6,9,14,17,21H,7-8,10-12H2;1H/t14-,17-;/m0./s1/i1D,2D,3D,4D;. The Morgan fingerprint density at radius 2 is 2.00 bits per heavy atom. The van der Waals surface area contributed by atoms with Gasteiger partial charge in [-0.3, -0.25) is 0 Å². The van der Waals surface area contributed by atoms with E-state index in [1.165, 1.54) is 0 Å². The van der Waals surface area contributed by atoms with Crippen molar-refractivity contribution in [3.8, 4) is 17.2 Å². The third-order valence-electron chi connectivity index (χ3n) is 4.40. The molecule has 2 atom stereocenters. The lowest BCUT2D eigenvalue weighted by Crippen LogP contribution is -2.38. The summed E-state index contributed by atoms with van der Waals surface area (Å²) in [5, 5.41) is 3.28. The van der Waals surface area contributed by atoms with Gasteiger partial charge >= 0.3 is 0 Å². The predicted molar refractivity (Wildman–Crippen MR) is 95.4 cm³/mol. The van der Waals surface area contributed by atoms with Crippen molar-refractivity contribution in [2.45, 2.75) is 12.3 Å². The molecule has 2 aromatic carbocycles. The number of hydrogen-bond acceptors (Lipinski definition) is 4. The van der Waals surface area contributed by atoms with Gasteiger partial charge in [0.25, 0.3) is 0 Å². The molecule has 2 aromatic rings. The molecule has 2 heterocycles. The van der Waals surface area contributed by atoms with Gasteiger partial charge in [-0.2, -0.15) is 0 Å². The van der Waals surface area contributed by atoms with Crippen molar-refractivity contribution < 1.29 is 24.1 Å². The van der Waals surface area contributed by atoms with Crippen LogP contribution in [0.2, 0.25) is 0 Å². The summed E-state index contributed by atoms with van der Waals surface area (Å²) < 4.78 is 62.3. The highest BCUT2D eigenvalue weighted by molar-refractivity contribution is 5.85. The average Bonchev–Trinajstić information content (AvgIpc) is 3.18. The summed E-state index contributed by atoms with van der Waals surface area (Å²) >= 11 is 0. The summed E-state index contributed by atoms with van der Waals surface area (Å²) in [5.41, 5.74) is 0.261. The van der Waals surface area contributed by atoms with Crippen LogP contribution in [0.3, 0.4) is 0 Å². The first-order chi connectivity index (χ1) is 13.5. The van der Waals surface area contributed by atoms with E-state index in [9.17, 15) is 4.39 Å². The molecule has 6 heteroatoms. The van der Waals surface area contributed by atoms with Gasteiger partial charge in [0.2, 0.25) is 6.79 Å². The van der Waals surface area contributed by atoms with Crippen LogP contribution in [0, 0.1) is 11.7 Å². The summed E-state index contributed by atoms with van der Waals surface area (Å²) in [4.78, 5) is 0. The summed E-state index contributed by atoms with van der Waals surface area (Å²) in [6.07, 6.45) is 0.622. The van der Waals surface area contributed by atoms with E-state index in [1.807, 2.05) is 0 Å². The van der Waals surface area contributed by atoms with Gasteiger partial charge in [-0.25, -0.2) is 4.39 Å². The van der Waals surface area contributed by atoms with Gasteiger partial charge in [0, 0.05) is 18.5 Å². The molecule has 2 aliphatic heterocycles. The molecule has 0 bridgehead atoms. The second-order valence-electron chi connectivity index (χ2n) is 5.91. The third kappa shape index (κ3) is 3.99. The molecule has 1 N–H and O–H groups in total. The van der Waals surface area contributed by atoms with Gasteiger partial charge in [-0.15, -0.1) is 12.4 Å². The molecule has 25 heavy (non-hydrogen) atoms. The van der Waals surface area contributed by atoms with Crippen LogP contribution >= 0.6 is 12.4 Å². The Kier molecular flexibility index (Phi) is 4.21. The summed E-state index contributed by atoms with van der Waals surface area (Å²) in [6.45, 7) is 1.78. The van der Waals surface area contributed by atoms with Crippen molar-refractivity contribution in [1.82, 2.24) is 5.32 Å². The Morgan fingerprint density at radius 3 is 2.84 bits per heavy atom. The fraction of sp³-hybridized carbons (Fsp3) is 0.368. The Balaban J connectivity index is 0.00000240. The van der Waals surface area contributed by atoms with Gasteiger partial charge in [-0.05, 0) is 48.7 Å². The highest BCUT2D eigenvalue weighted by atomic mass is 35.5. The van der Waals surface area contributed by atoms with Crippen LogP contribution in [0.25, 0.3) is 0 Å². The second-order valence-corrected chi connectivity index (χ2v) is 5.91. The molecule has 0 unspecified atom stereocenters. The number of ether oxygens (including phenoxy) is 3. The Bertz CT molecular complexity index is 889. The third-order valence-corrected chi connectivity index (χ3v) is 4.40. The Labute approximate surface area is 158 Å². The molecule has 4 nitrogen and oxygen atoms in total. The highest BCUT2D eigenvalue weighted by Gasteiger charge is 2.27. The molecule has 0 saturated carbocycles. The Hall–Kier alpha value is -1.98. The summed E-state index contributed by atoms with van der Waals surface area (Å²) in [6, 6.07) is 3.46. The van der Waals surface area contributed by atoms with E-state index in [4.69, 9.17) is 19.7 Å². The molecule has 1 fully saturated rings. The zero-order valence-electron chi connectivity index (χ0n) is 17.4. The first kappa shape index (κ1) is 13.3. The largest absolute Gasteiger partial charge is 0.493 e. The highest BCUT2D eigenvalue weighted by Crippen LogP contribution is 2.36. The van der Waals surface area contributed by atoms with E-state index in [0.29, 0.717) is 43.4 Å². The number of hydrogen-bond donors (Lipinski definition) is 1. The van der Waals surface area contributed by atoms with Crippen molar-refractivity contribution in [3.63, 3.8) is 0 Å². The van der Waals surface area contributed by atoms with Gasteiger partial charge < -0.3 is 19.5 Å². The van der Waals surface area contributed by atoms with Crippen molar-refractivity contribution in [3.05, 3.63) is 53.7 Å². The van der Waals surface area contributed by atoms with Gasteiger partial charge in [0.15, 0.2) is 11.5 Å². The maximum Gasteiger partial charge on any atom is 0.231 e. The molecule has 2 aliphatic rings. The average molecular weight is 370 g/mol. The molecule has 4 rings (SSSR count). The number of rotatable bonds is 4. The summed E-state index contributed by atoms with van der Waals surface area (Å²) in [7, 11) is 0. The number of halogens is 2. The van der Waals surface area contributed by atoms with Crippen LogP contribution in [0.15, 0.2) is 42.4 Å². The lowest BCUT2D eigenvalue weighted by atomic mass is 9.81. The van der Waals surface area contributed by atoms with E-state index >= 15 is 0 Å². The predicted octanol–water partition coefficient (Wildman–Crippen LogP) is 3.75. The zero-order chi connectivity index (χ0) is 19.8. The van der Waals surface area contributed by atoms with Crippen molar-refractivity contribution >= 4 is 12.4 Å². The smallest absolute Gasteiger partial charge is 0.231 e. The van der Waals surface area contributed by atoms with E-state index in [1.54, 1.807) is 18.2 Å². The number of nitrogens with one attached hydrogen (secondary N) is 1. The molecule has 0 aliphatic carbocycles. The lowest BCUT2D eigenvalue weighted by molar-refractivity contribution is 0.173. The normalized spacial score (nSPS) is 23.7. The van der Waals surface area contributed by atoms with Crippen LogP contribution in [-0.4, -0.2) is 26.5 Å². The minimum Gasteiger partial charge on any atom is -0.493 e. The van der Waals surface area contributed by atoms with E-state index in [-0.39, 0.29) is 48.7 Å². The minimum atomic E-state index is -1.11. The number of piperidine rings is 1. The molecule has 0 aromatic heterocycles. The van der Waals surface area contributed by atoms with Gasteiger partial charge in [0.05, 0.1) is 12.1 Å². The topological polar surface area (TPSA) is 39.7 Å². The first-order valence-corrected chi connectivity index (χ1v) is 7.96. The number of benzene rings is 2. The molecular weight excluding hydrogens is 345 g/mol. The van der Waals surface area contributed by atoms with Crippen LogP contribution in [0.4, 0.5) is 4.39 Å². The molecule has 0 spiro atoms. The maximum atomic E-state index is 13.9. The van der Waals surface area contributed by atoms with Crippen molar-refractivity contribution in [2.75, 3.05) is 26.5 Å². The van der Waals surface area contributed by atoms with E-state index in [2.05, 4.69) is 5.32 Å². The van der Waals surface area contributed by atoms with Crippen LogP contribution in [0.1, 0.15) is 23.4 Å². The van der Waals surface area contributed by atoms with Crippen molar-refractivity contribution in [1.29, 1.82) is 0 Å². The molecule has 0 radical (unpaired) electrons. The van der Waals surface area contributed by atoms with Gasteiger partial charge in [-0.1, -0.05) is 12.1 Å². The SMILES string of the molecule is Cl.[2H]c1c([2H])c([C@@H]2CCNC[C@H]2COc2ccc3c(c2)OCO3)c([2H])c([2H])c1F. The number of fused-ring (bicyclic) bond motifs is 1. The monoisotopic (exact) mass is 369 g/mol. The zero-order valence-corrected chi connectivity index (χ0v) is 14.2. The van der Waals surface area contributed by atoms with Crippen LogP contribution in [-0.2, 0) is 0 Å². The maximum absolute atomic E-state index is 13.9. The van der Waals surface area contributed by atoms with Crippen LogP contribution < -0.4 is 19.5 Å². The molecule has 1 saturated heterocycles. The Morgan fingerprint density at radius 1 is 1.20 bits per heavy atom. The molecular formula is C19H21ClFNO3. The van der Waals surface area contributed by atoms with Gasteiger partial charge in [0.1, 0.15) is 11.6 Å².